The van der Waals surface area contributed by atoms with Gasteiger partial charge in [-0.1, -0.05) is 13.3 Å². The second-order valence-electron chi connectivity index (χ2n) is 3.98. The van der Waals surface area contributed by atoms with Crippen LogP contribution in [0.15, 0.2) is 9.31 Å². The van der Waals surface area contributed by atoms with Crippen LogP contribution in [0.25, 0.3) is 0 Å². The molecule has 6 nitrogen and oxygen atoms in total. The van der Waals surface area contributed by atoms with Gasteiger partial charge >= 0.3 is 5.97 Å². The third-order valence-corrected chi connectivity index (χ3v) is 4.12. The Bertz CT molecular complexity index is 544. The van der Waals surface area contributed by atoms with E-state index in [1.54, 1.807) is 0 Å². The number of carboxylic acid groups (broad SMARTS) is 1. The average molecular weight is 275 g/mol. The highest BCUT2D eigenvalue weighted by Gasteiger charge is 2.30. The van der Waals surface area contributed by atoms with Crippen LogP contribution >= 0.6 is 0 Å². The maximum absolute atomic E-state index is 12.0. The van der Waals surface area contributed by atoms with Crippen LogP contribution in [0.1, 0.15) is 41.6 Å². The van der Waals surface area contributed by atoms with Gasteiger partial charge in [0, 0.05) is 6.54 Å². The summed E-state index contributed by atoms with van der Waals surface area (Å²) in [4.78, 5) is 10.8. The summed E-state index contributed by atoms with van der Waals surface area (Å²) in [6.45, 7) is 5.08. The molecule has 0 aromatic carbocycles. The van der Waals surface area contributed by atoms with Crippen molar-refractivity contribution in [1.82, 2.24) is 4.72 Å². The summed E-state index contributed by atoms with van der Waals surface area (Å²) in [6.07, 6.45) is 1.54. The molecule has 1 rings (SSSR count). The molecule has 0 aliphatic rings. The molecule has 0 unspecified atom stereocenters. The maximum Gasteiger partial charge on any atom is 0.340 e. The fraction of sp³-hybridized carbons (Fsp3) is 0.545. The standard InChI is InChI=1S/C11H17NO5S/c1-4-5-6-12-18(15,16)10-8(3)17-7(2)9(10)11(13)14/h12H,4-6H2,1-3H3,(H,13,14). The van der Waals surface area contributed by atoms with Gasteiger partial charge in [0.2, 0.25) is 10.0 Å². The zero-order valence-corrected chi connectivity index (χ0v) is 11.4. The zero-order valence-electron chi connectivity index (χ0n) is 10.6. The van der Waals surface area contributed by atoms with Crippen LogP contribution < -0.4 is 4.72 Å². The minimum atomic E-state index is -3.84. The van der Waals surface area contributed by atoms with E-state index in [1.165, 1.54) is 13.8 Å². The van der Waals surface area contributed by atoms with Crippen molar-refractivity contribution in [2.45, 2.75) is 38.5 Å². The second kappa shape index (κ2) is 5.53. The SMILES string of the molecule is CCCCNS(=O)(=O)c1c(C)oc(C)c1C(=O)O. The van der Waals surface area contributed by atoms with Crippen molar-refractivity contribution in [3.05, 3.63) is 17.1 Å². The fourth-order valence-corrected chi connectivity index (χ4v) is 3.17. The monoisotopic (exact) mass is 275 g/mol. The smallest absolute Gasteiger partial charge is 0.340 e. The number of sulfonamides is 1. The largest absolute Gasteiger partial charge is 0.478 e. The van der Waals surface area contributed by atoms with E-state index in [0.29, 0.717) is 6.42 Å². The molecule has 0 amide bonds. The summed E-state index contributed by atoms with van der Waals surface area (Å²) < 4.78 is 31.5. The Kier molecular flexibility index (Phi) is 4.53. The quantitative estimate of drug-likeness (QED) is 0.770. The van der Waals surface area contributed by atoms with Crippen LogP contribution in [0.2, 0.25) is 0 Å². The topological polar surface area (TPSA) is 96.6 Å². The van der Waals surface area contributed by atoms with Crippen molar-refractivity contribution in [2.75, 3.05) is 6.54 Å². The van der Waals surface area contributed by atoms with Gasteiger partial charge in [-0.2, -0.15) is 0 Å². The van der Waals surface area contributed by atoms with Crippen LogP contribution in [0, 0.1) is 13.8 Å². The number of rotatable bonds is 6. The van der Waals surface area contributed by atoms with Crippen LogP contribution in [-0.4, -0.2) is 26.0 Å². The summed E-state index contributed by atoms with van der Waals surface area (Å²) >= 11 is 0. The van der Waals surface area contributed by atoms with Crippen LogP contribution in [0.4, 0.5) is 0 Å². The maximum atomic E-state index is 12.0. The molecule has 7 heteroatoms. The molecule has 1 aromatic rings. The van der Waals surface area contributed by atoms with E-state index in [1.807, 2.05) is 6.92 Å². The van der Waals surface area contributed by atoms with E-state index < -0.39 is 16.0 Å². The van der Waals surface area contributed by atoms with Crippen LogP contribution in [-0.2, 0) is 10.0 Å². The van der Waals surface area contributed by atoms with Gasteiger partial charge in [-0.15, -0.1) is 0 Å². The van der Waals surface area contributed by atoms with Crippen LogP contribution in [0.3, 0.4) is 0 Å². The lowest BCUT2D eigenvalue weighted by Crippen LogP contribution is -2.26. The molecule has 0 aliphatic carbocycles. The molecule has 0 spiro atoms. The number of carbonyl (C=O) groups is 1. The lowest BCUT2D eigenvalue weighted by atomic mass is 10.2. The minimum absolute atomic E-state index is 0.0916. The Morgan fingerprint density at radius 1 is 1.33 bits per heavy atom. The molecule has 0 fully saturated rings. The second-order valence-corrected chi connectivity index (χ2v) is 5.68. The molecule has 0 atom stereocenters. The summed E-state index contributed by atoms with van der Waals surface area (Å²) in [5.41, 5.74) is -0.295. The van der Waals surface area contributed by atoms with E-state index in [9.17, 15) is 13.2 Å². The van der Waals surface area contributed by atoms with Gasteiger partial charge in [0.05, 0.1) is 0 Å². The van der Waals surface area contributed by atoms with E-state index in [4.69, 9.17) is 9.52 Å². The minimum Gasteiger partial charge on any atom is -0.478 e. The van der Waals surface area contributed by atoms with Crippen molar-refractivity contribution >= 4 is 16.0 Å². The van der Waals surface area contributed by atoms with Gasteiger partial charge in [0.1, 0.15) is 22.0 Å². The predicted octanol–water partition coefficient (Wildman–Crippen LogP) is 1.67. The first kappa shape index (κ1) is 14.7. The number of aryl methyl sites for hydroxylation is 2. The average Bonchev–Trinajstić information content (AvgIpc) is 2.54. The normalized spacial score (nSPS) is 11.7. The Labute approximate surface area is 106 Å². The Morgan fingerprint density at radius 2 is 1.94 bits per heavy atom. The first-order chi connectivity index (χ1) is 8.31. The van der Waals surface area contributed by atoms with E-state index in [0.717, 1.165) is 6.42 Å². The van der Waals surface area contributed by atoms with Gasteiger partial charge in [-0.25, -0.2) is 17.9 Å². The van der Waals surface area contributed by atoms with Crippen molar-refractivity contribution in [3.8, 4) is 0 Å². The van der Waals surface area contributed by atoms with Gasteiger partial charge in [-0.05, 0) is 20.3 Å². The highest BCUT2D eigenvalue weighted by Crippen LogP contribution is 2.26. The molecule has 18 heavy (non-hydrogen) atoms. The molecular weight excluding hydrogens is 258 g/mol. The zero-order chi connectivity index (χ0) is 13.9. The Morgan fingerprint density at radius 3 is 2.44 bits per heavy atom. The number of hydrogen-bond donors (Lipinski definition) is 2. The predicted molar refractivity (Wildman–Crippen MR) is 65.2 cm³/mol. The van der Waals surface area contributed by atoms with Crippen molar-refractivity contribution < 1.29 is 22.7 Å². The highest BCUT2D eigenvalue weighted by atomic mass is 32.2. The molecule has 2 N–H and O–H groups in total. The number of hydrogen-bond acceptors (Lipinski definition) is 4. The highest BCUT2D eigenvalue weighted by molar-refractivity contribution is 7.89. The third kappa shape index (κ3) is 2.91. The summed E-state index contributed by atoms with van der Waals surface area (Å²) in [5.74, 6) is -1.12. The number of unbranched alkanes of at least 4 members (excludes halogenated alkanes) is 1. The molecule has 0 saturated carbocycles. The van der Waals surface area contributed by atoms with Crippen LogP contribution in [0.5, 0.6) is 0 Å². The molecule has 0 aliphatic heterocycles. The Hall–Kier alpha value is -1.34. The fourth-order valence-electron chi connectivity index (χ4n) is 1.69. The Balaban J connectivity index is 3.20. The molecule has 102 valence electrons. The summed E-state index contributed by atoms with van der Waals surface area (Å²) in [7, 11) is -3.84. The molecule has 1 heterocycles. The first-order valence-electron chi connectivity index (χ1n) is 5.64. The first-order valence-corrected chi connectivity index (χ1v) is 7.12. The van der Waals surface area contributed by atoms with Gasteiger partial charge < -0.3 is 9.52 Å². The van der Waals surface area contributed by atoms with E-state index in [2.05, 4.69) is 4.72 Å². The van der Waals surface area contributed by atoms with Crippen molar-refractivity contribution in [3.63, 3.8) is 0 Å². The summed E-state index contributed by atoms with van der Waals surface area (Å²) in [5, 5.41) is 9.04. The molecule has 1 aromatic heterocycles. The number of carboxylic acids is 1. The van der Waals surface area contributed by atoms with Gasteiger partial charge in [-0.3, -0.25) is 0 Å². The molecule has 0 saturated heterocycles. The lowest BCUT2D eigenvalue weighted by molar-refractivity contribution is 0.0691. The number of furan rings is 1. The lowest BCUT2D eigenvalue weighted by Gasteiger charge is -2.06. The molecular formula is C11H17NO5S. The molecule has 0 radical (unpaired) electrons. The summed E-state index contributed by atoms with van der Waals surface area (Å²) in [6, 6.07) is 0. The van der Waals surface area contributed by atoms with Crippen molar-refractivity contribution in [2.24, 2.45) is 0 Å². The van der Waals surface area contributed by atoms with Gasteiger partial charge in [0.15, 0.2) is 0 Å². The third-order valence-electron chi connectivity index (χ3n) is 2.51. The van der Waals surface area contributed by atoms with E-state index in [-0.39, 0.29) is 28.5 Å². The number of aromatic carboxylic acids is 1. The van der Waals surface area contributed by atoms with Gasteiger partial charge in [0.25, 0.3) is 0 Å². The number of nitrogens with one attached hydrogen (secondary N) is 1. The van der Waals surface area contributed by atoms with E-state index >= 15 is 0 Å². The molecule has 0 bridgehead atoms. The van der Waals surface area contributed by atoms with Crippen molar-refractivity contribution in [1.29, 1.82) is 0 Å².